The van der Waals surface area contributed by atoms with Crippen molar-refractivity contribution in [3.8, 4) is 5.75 Å². The van der Waals surface area contributed by atoms with Crippen molar-refractivity contribution in [1.82, 2.24) is 5.32 Å². The number of benzene rings is 2. The summed E-state index contributed by atoms with van der Waals surface area (Å²) in [4.78, 5) is 11.9. The lowest BCUT2D eigenvalue weighted by molar-refractivity contribution is 0.0526. The van der Waals surface area contributed by atoms with Crippen LogP contribution in [-0.4, -0.2) is 30.3 Å². The van der Waals surface area contributed by atoms with E-state index in [0.29, 0.717) is 23.9 Å². The summed E-state index contributed by atoms with van der Waals surface area (Å²) in [5, 5.41) is 6.83. The van der Waals surface area contributed by atoms with Crippen LogP contribution in [0.1, 0.15) is 40.9 Å². The maximum atomic E-state index is 11.9. The first-order valence-corrected chi connectivity index (χ1v) is 9.76. The maximum Gasteiger partial charge on any atom is 0.338 e. The van der Waals surface area contributed by atoms with E-state index in [-0.39, 0.29) is 12.0 Å². The molecule has 0 spiro atoms. The van der Waals surface area contributed by atoms with Gasteiger partial charge in [0, 0.05) is 5.69 Å². The molecule has 1 atom stereocenters. The number of carbonyl (C=O) groups is 1. The van der Waals surface area contributed by atoms with Gasteiger partial charge in [0.2, 0.25) is 0 Å². The third-order valence-corrected chi connectivity index (χ3v) is 4.57. The molecule has 0 saturated carbocycles. The van der Waals surface area contributed by atoms with Crippen molar-refractivity contribution >= 4 is 29.0 Å². The number of carbonyl (C=O) groups excluding carboxylic acids is 1. The van der Waals surface area contributed by atoms with Gasteiger partial charge in [-0.1, -0.05) is 12.1 Å². The van der Waals surface area contributed by atoms with Crippen LogP contribution in [0.5, 0.6) is 5.75 Å². The summed E-state index contributed by atoms with van der Waals surface area (Å²) >= 11 is 5.41. The van der Waals surface area contributed by atoms with E-state index in [0.717, 1.165) is 17.0 Å². The van der Waals surface area contributed by atoms with Crippen LogP contribution in [0.25, 0.3) is 0 Å². The van der Waals surface area contributed by atoms with Crippen LogP contribution in [0.15, 0.2) is 36.4 Å². The molecular formula is C22H28N2O3S. The van der Waals surface area contributed by atoms with Crippen LogP contribution in [0.2, 0.25) is 0 Å². The van der Waals surface area contributed by atoms with Crippen molar-refractivity contribution in [2.75, 3.05) is 18.5 Å². The van der Waals surface area contributed by atoms with Gasteiger partial charge in [-0.05, 0) is 87.8 Å². The number of hydrogen-bond acceptors (Lipinski definition) is 4. The first-order valence-electron chi connectivity index (χ1n) is 9.35. The monoisotopic (exact) mass is 400 g/mol. The third-order valence-electron chi connectivity index (χ3n) is 4.35. The largest absolute Gasteiger partial charge is 0.491 e. The van der Waals surface area contributed by atoms with Crippen molar-refractivity contribution in [2.24, 2.45) is 0 Å². The molecule has 2 aromatic carbocycles. The average molecular weight is 401 g/mol. The van der Waals surface area contributed by atoms with E-state index in [1.165, 1.54) is 11.1 Å². The lowest BCUT2D eigenvalue weighted by Gasteiger charge is -2.19. The molecule has 150 valence electrons. The quantitative estimate of drug-likeness (QED) is 0.526. The van der Waals surface area contributed by atoms with Gasteiger partial charge in [0.05, 0.1) is 18.2 Å². The highest BCUT2D eigenvalue weighted by molar-refractivity contribution is 7.80. The Kier molecular flexibility index (Phi) is 7.81. The summed E-state index contributed by atoms with van der Waals surface area (Å²) in [5.41, 5.74) is 4.68. The fourth-order valence-corrected chi connectivity index (χ4v) is 2.86. The summed E-state index contributed by atoms with van der Waals surface area (Å²) < 4.78 is 10.9. The van der Waals surface area contributed by atoms with Crippen LogP contribution in [-0.2, 0) is 4.74 Å². The first-order chi connectivity index (χ1) is 13.3. The second kappa shape index (κ2) is 10.1. The maximum absolute atomic E-state index is 11.9. The van der Waals surface area contributed by atoms with Gasteiger partial charge in [-0.2, -0.15) is 0 Å². The van der Waals surface area contributed by atoms with Crippen LogP contribution in [0.4, 0.5) is 5.69 Å². The van der Waals surface area contributed by atoms with E-state index in [1.807, 2.05) is 38.1 Å². The van der Waals surface area contributed by atoms with Crippen LogP contribution in [0, 0.1) is 20.8 Å². The van der Waals surface area contributed by atoms with Crippen LogP contribution in [0.3, 0.4) is 0 Å². The van der Waals surface area contributed by atoms with E-state index in [2.05, 4.69) is 24.5 Å². The van der Waals surface area contributed by atoms with Gasteiger partial charge < -0.3 is 20.1 Å². The molecule has 0 unspecified atom stereocenters. The number of nitrogens with one attached hydrogen (secondary N) is 2. The number of ether oxygens (including phenoxy) is 2. The highest BCUT2D eigenvalue weighted by Crippen LogP contribution is 2.18. The van der Waals surface area contributed by atoms with Crippen molar-refractivity contribution in [2.45, 2.75) is 40.7 Å². The molecule has 0 amide bonds. The normalized spacial score (nSPS) is 11.5. The molecule has 6 heteroatoms. The summed E-state index contributed by atoms with van der Waals surface area (Å²) in [6, 6.07) is 11.4. The Morgan fingerprint density at radius 1 is 1.07 bits per heavy atom. The molecule has 2 rings (SSSR count). The molecule has 0 radical (unpaired) electrons. The van der Waals surface area contributed by atoms with E-state index in [1.54, 1.807) is 19.1 Å². The first kappa shape index (κ1) is 21.7. The summed E-state index contributed by atoms with van der Waals surface area (Å²) in [6.45, 7) is 10.7. The van der Waals surface area contributed by atoms with Gasteiger partial charge in [-0.15, -0.1) is 0 Å². The minimum Gasteiger partial charge on any atom is -0.491 e. The minimum absolute atomic E-state index is 0.00940. The standard InChI is InChI=1S/C22H28N2O3S/c1-6-26-21(25)18-9-7-15(3)20(12-18)24-22(28)23-17(5)13-27-19-10-8-14(2)16(4)11-19/h7-12,17H,6,13H2,1-5H3,(H2,23,24,28)/t17-/m0/s1. The highest BCUT2D eigenvalue weighted by atomic mass is 32.1. The van der Waals surface area contributed by atoms with Crippen molar-refractivity contribution in [3.05, 3.63) is 58.7 Å². The van der Waals surface area contributed by atoms with Crippen LogP contribution < -0.4 is 15.4 Å². The second-order valence-corrected chi connectivity index (χ2v) is 7.21. The fourth-order valence-electron chi connectivity index (χ4n) is 2.55. The SMILES string of the molecule is CCOC(=O)c1ccc(C)c(NC(=S)N[C@@H](C)COc2ccc(C)c(C)c2)c1. The number of anilines is 1. The van der Waals surface area contributed by atoms with Crippen molar-refractivity contribution in [1.29, 1.82) is 0 Å². The Bertz CT molecular complexity index is 852. The molecule has 0 saturated heterocycles. The fraction of sp³-hybridized carbons (Fsp3) is 0.364. The molecular weight excluding hydrogens is 372 g/mol. The Balaban J connectivity index is 1.91. The third kappa shape index (κ3) is 6.23. The molecule has 0 aliphatic carbocycles. The average Bonchev–Trinajstić information content (AvgIpc) is 2.64. The van der Waals surface area contributed by atoms with Gasteiger partial charge in [-0.25, -0.2) is 4.79 Å². The van der Waals surface area contributed by atoms with Gasteiger partial charge >= 0.3 is 5.97 Å². The predicted octanol–water partition coefficient (Wildman–Crippen LogP) is 4.54. The Labute approximate surface area is 172 Å². The van der Waals surface area contributed by atoms with E-state index < -0.39 is 0 Å². The lowest BCUT2D eigenvalue weighted by Crippen LogP contribution is -2.39. The molecule has 0 aliphatic rings. The molecule has 0 aliphatic heterocycles. The molecule has 0 aromatic heterocycles. The lowest BCUT2D eigenvalue weighted by atomic mass is 10.1. The zero-order chi connectivity index (χ0) is 20.7. The molecule has 0 fully saturated rings. The highest BCUT2D eigenvalue weighted by Gasteiger charge is 2.11. The number of rotatable bonds is 7. The van der Waals surface area contributed by atoms with Gasteiger partial charge in [0.25, 0.3) is 0 Å². The summed E-state index contributed by atoms with van der Waals surface area (Å²) in [7, 11) is 0. The molecule has 0 bridgehead atoms. The molecule has 5 nitrogen and oxygen atoms in total. The topological polar surface area (TPSA) is 59.6 Å². The Morgan fingerprint density at radius 2 is 1.79 bits per heavy atom. The number of aryl methyl sites for hydroxylation is 3. The van der Waals surface area contributed by atoms with Crippen molar-refractivity contribution < 1.29 is 14.3 Å². The Hall–Kier alpha value is -2.60. The summed E-state index contributed by atoms with van der Waals surface area (Å²) in [6.07, 6.45) is 0. The van der Waals surface area contributed by atoms with Gasteiger partial charge in [0.15, 0.2) is 5.11 Å². The van der Waals surface area contributed by atoms with Gasteiger partial charge in [-0.3, -0.25) is 0 Å². The zero-order valence-electron chi connectivity index (χ0n) is 17.1. The summed E-state index contributed by atoms with van der Waals surface area (Å²) in [5.74, 6) is 0.494. The molecule has 28 heavy (non-hydrogen) atoms. The minimum atomic E-state index is -0.348. The number of hydrogen-bond donors (Lipinski definition) is 2. The van der Waals surface area contributed by atoms with E-state index >= 15 is 0 Å². The van der Waals surface area contributed by atoms with E-state index in [4.69, 9.17) is 21.7 Å². The Morgan fingerprint density at radius 3 is 2.46 bits per heavy atom. The number of thiocarbonyl (C=S) groups is 1. The van der Waals surface area contributed by atoms with E-state index in [9.17, 15) is 4.79 Å². The van der Waals surface area contributed by atoms with Crippen molar-refractivity contribution in [3.63, 3.8) is 0 Å². The molecule has 2 aromatic rings. The number of esters is 1. The van der Waals surface area contributed by atoms with Gasteiger partial charge in [0.1, 0.15) is 12.4 Å². The van der Waals surface area contributed by atoms with Crippen LogP contribution >= 0.6 is 12.2 Å². The zero-order valence-corrected chi connectivity index (χ0v) is 17.9. The molecule has 2 N–H and O–H groups in total. The smallest absolute Gasteiger partial charge is 0.338 e. The predicted molar refractivity (Wildman–Crippen MR) is 117 cm³/mol. The molecule has 0 heterocycles. The second-order valence-electron chi connectivity index (χ2n) is 6.81.